The summed E-state index contributed by atoms with van der Waals surface area (Å²) in [6.07, 6.45) is 6.03. The third-order valence-corrected chi connectivity index (χ3v) is 5.49. The summed E-state index contributed by atoms with van der Waals surface area (Å²) in [6, 6.07) is 7.03. The van der Waals surface area contributed by atoms with Gasteiger partial charge in [0.2, 0.25) is 0 Å². The Bertz CT molecular complexity index is 482. The van der Waals surface area contributed by atoms with Crippen molar-refractivity contribution in [2.24, 2.45) is 5.41 Å². The first-order valence-corrected chi connectivity index (χ1v) is 8.64. The highest BCUT2D eigenvalue weighted by molar-refractivity contribution is 9.10. The van der Waals surface area contributed by atoms with E-state index >= 15 is 0 Å². The van der Waals surface area contributed by atoms with Gasteiger partial charge in [-0.05, 0) is 61.3 Å². The number of hydrogen-bond acceptors (Lipinski definition) is 3. The van der Waals surface area contributed by atoms with Crippen molar-refractivity contribution < 1.29 is 9.47 Å². The number of methoxy groups -OCH3 is 1. The maximum atomic E-state index is 5.60. The summed E-state index contributed by atoms with van der Waals surface area (Å²) in [7, 11) is 1.73. The normalized spacial score (nSPS) is 21.2. The Kier molecular flexibility index (Phi) is 4.87. The lowest BCUT2D eigenvalue weighted by Gasteiger charge is -2.38. The van der Waals surface area contributed by atoms with Crippen LogP contribution in [0.15, 0.2) is 22.7 Å². The molecule has 1 aliphatic heterocycles. The van der Waals surface area contributed by atoms with Crippen LogP contribution in [0.25, 0.3) is 0 Å². The van der Waals surface area contributed by atoms with Gasteiger partial charge in [0, 0.05) is 30.3 Å². The molecule has 2 aliphatic rings. The van der Waals surface area contributed by atoms with E-state index in [1.54, 1.807) is 7.11 Å². The molecule has 1 aromatic carbocycles. The molecule has 1 aliphatic carbocycles. The molecule has 0 aromatic heterocycles. The van der Waals surface area contributed by atoms with Crippen LogP contribution in [0.4, 0.5) is 0 Å². The van der Waals surface area contributed by atoms with Gasteiger partial charge in [-0.15, -0.1) is 0 Å². The molecule has 4 heteroatoms. The molecule has 0 unspecified atom stereocenters. The minimum Gasteiger partial charge on any atom is -0.497 e. The number of halogens is 1. The summed E-state index contributed by atoms with van der Waals surface area (Å²) in [5.74, 6) is 0.936. The van der Waals surface area contributed by atoms with Gasteiger partial charge in [0.15, 0.2) is 0 Å². The highest BCUT2D eigenvalue weighted by Gasteiger charge is 2.35. The van der Waals surface area contributed by atoms with E-state index in [4.69, 9.17) is 9.47 Å². The molecule has 1 N–H and O–H groups in total. The Balaban J connectivity index is 1.76. The molecule has 1 saturated carbocycles. The van der Waals surface area contributed by atoms with Crippen LogP contribution in [0.3, 0.4) is 0 Å². The van der Waals surface area contributed by atoms with Crippen molar-refractivity contribution >= 4 is 15.9 Å². The maximum absolute atomic E-state index is 5.60. The van der Waals surface area contributed by atoms with Crippen LogP contribution in [0.1, 0.15) is 31.2 Å². The standard InChI is InChI=1S/C17H24BrNO2/c1-20-15-4-5-16(18)13(10-15)11-17(6-8-21-9-7-17)12-19-14-2-3-14/h4-5,10,14,19H,2-3,6-9,11-12H2,1H3. The molecule has 1 heterocycles. The van der Waals surface area contributed by atoms with Crippen LogP contribution in [-0.4, -0.2) is 32.9 Å². The molecular weight excluding hydrogens is 330 g/mol. The summed E-state index contributed by atoms with van der Waals surface area (Å²) >= 11 is 3.70. The molecule has 0 spiro atoms. The summed E-state index contributed by atoms with van der Waals surface area (Å²) in [4.78, 5) is 0. The van der Waals surface area contributed by atoms with Crippen LogP contribution in [0.2, 0.25) is 0 Å². The first-order chi connectivity index (χ1) is 10.2. The van der Waals surface area contributed by atoms with E-state index in [9.17, 15) is 0 Å². The molecule has 3 rings (SSSR count). The van der Waals surface area contributed by atoms with Gasteiger partial charge in [0.1, 0.15) is 5.75 Å². The van der Waals surface area contributed by atoms with Crippen LogP contribution < -0.4 is 10.1 Å². The van der Waals surface area contributed by atoms with E-state index in [0.29, 0.717) is 5.41 Å². The minimum absolute atomic E-state index is 0.315. The van der Waals surface area contributed by atoms with E-state index in [1.807, 2.05) is 6.07 Å². The van der Waals surface area contributed by atoms with Crippen molar-refractivity contribution in [1.29, 1.82) is 0 Å². The molecule has 0 atom stereocenters. The lowest BCUT2D eigenvalue weighted by Crippen LogP contribution is -2.41. The summed E-state index contributed by atoms with van der Waals surface area (Å²) < 4.78 is 12.2. The lowest BCUT2D eigenvalue weighted by molar-refractivity contribution is 0.0146. The zero-order valence-corrected chi connectivity index (χ0v) is 14.2. The number of nitrogens with one attached hydrogen (secondary N) is 1. The molecule has 1 aromatic rings. The molecule has 0 amide bonds. The number of benzene rings is 1. The van der Waals surface area contributed by atoms with Crippen molar-refractivity contribution in [3.8, 4) is 5.75 Å². The second kappa shape index (κ2) is 6.67. The molecule has 0 radical (unpaired) electrons. The number of hydrogen-bond donors (Lipinski definition) is 1. The van der Waals surface area contributed by atoms with Gasteiger partial charge in [-0.2, -0.15) is 0 Å². The average molecular weight is 354 g/mol. The molecular formula is C17H24BrNO2. The van der Waals surface area contributed by atoms with Gasteiger partial charge >= 0.3 is 0 Å². The molecule has 2 fully saturated rings. The zero-order chi connectivity index (χ0) is 14.7. The number of rotatable bonds is 6. The monoisotopic (exact) mass is 353 g/mol. The van der Waals surface area contributed by atoms with E-state index in [-0.39, 0.29) is 0 Å². The van der Waals surface area contributed by atoms with E-state index in [0.717, 1.165) is 50.8 Å². The third kappa shape index (κ3) is 3.99. The molecule has 1 saturated heterocycles. The first-order valence-electron chi connectivity index (χ1n) is 7.84. The van der Waals surface area contributed by atoms with Gasteiger partial charge in [0.05, 0.1) is 7.11 Å². The third-order valence-electron chi connectivity index (χ3n) is 4.71. The van der Waals surface area contributed by atoms with Crippen LogP contribution in [-0.2, 0) is 11.2 Å². The van der Waals surface area contributed by atoms with Crippen molar-refractivity contribution in [2.45, 2.75) is 38.1 Å². The predicted molar refractivity (Wildman–Crippen MR) is 87.9 cm³/mol. The van der Waals surface area contributed by atoms with E-state index in [1.165, 1.54) is 22.9 Å². The SMILES string of the molecule is COc1ccc(Br)c(CC2(CNC3CC3)CCOCC2)c1. The van der Waals surface area contributed by atoms with E-state index < -0.39 is 0 Å². The minimum atomic E-state index is 0.315. The Morgan fingerprint density at radius 2 is 2.10 bits per heavy atom. The van der Waals surface area contributed by atoms with Crippen molar-refractivity contribution in [3.63, 3.8) is 0 Å². The summed E-state index contributed by atoms with van der Waals surface area (Å²) in [6.45, 7) is 2.87. The van der Waals surface area contributed by atoms with E-state index in [2.05, 4.69) is 33.4 Å². The molecule has 3 nitrogen and oxygen atoms in total. The van der Waals surface area contributed by atoms with Crippen molar-refractivity contribution in [2.75, 3.05) is 26.9 Å². The van der Waals surface area contributed by atoms with Gasteiger partial charge in [0.25, 0.3) is 0 Å². The molecule has 0 bridgehead atoms. The lowest BCUT2D eigenvalue weighted by atomic mass is 9.75. The largest absolute Gasteiger partial charge is 0.497 e. The van der Waals surface area contributed by atoms with Crippen LogP contribution in [0.5, 0.6) is 5.75 Å². The smallest absolute Gasteiger partial charge is 0.119 e. The maximum Gasteiger partial charge on any atom is 0.119 e. The van der Waals surface area contributed by atoms with Gasteiger partial charge in [-0.3, -0.25) is 0 Å². The fourth-order valence-corrected chi connectivity index (χ4v) is 3.47. The predicted octanol–water partition coefficient (Wildman–Crippen LogP) is 3.55. The fourth-order valence-electron chi connectivity index (χ4n) is 3.09. The Labute approximate surface area is 135 Å². The van der Waals surface area contributed by atoms with Gasteiger partial charge in [-0.1, -0.05) is 15.9 Å². The summed E-state index contributed by atoms with van der Waals surface area (Å²) in [5.41, 5.74) is 1.66. The van der Waals surface area contributed by atoms with Crippen molar-refractivity contribution in [3.05, 3.63) is 28.2 Å². The summed E-state index contributed by atoms with van der Waals surface area (Å²) in [5, 5.41) is 3.73. The van der Waals surface area contributed by atoms with Gasteiger partial charge < -0.3 is 14.8 Å². The Hall–Kier alpha value is -0.580. The molecule has 116 valence electrons. The topological polar surface area (TPSA) is 30.5 Å². The Morgan fingerprint density at radius 1 is 1.33 bits per heavy atom. The van der Waals surface area contributed by atoms with Crippen LogP contribution in [0, 0.1) is 5.41 Å². The van der Waals surface area contributed by atoms with Crippen LogP contribution >= 0.6 is 15.9 Å². The highest BCUT2D eigenvalue weighted by Crippen LogP contribution is 2.37. The average Bonchev–Trinajstić information content (AvgIpc) is 3.33. The second-order valence-corrected chi connectivity index (χ2v) is 7.26. The Morgan fingerprint density at radius 3 is 2.76 bits per heavy atom. The van der Waals surface area contributed by atoms with Crippen molar-refractivity contribution in [1.82, 2.24) is 5.32 Å². The zero-order valence-electron chi connectivity index (χ0n) is 12.7. The fraction of sp³-hybridized carbons (Fsp3) is 0.647. The second-order valence-electron chi connectivity index (χ2n) is 6.40. The quantitative estimate of drug-likeness (QED) is 0.848. The highest BCUT2D eigenvalue weighted by atomic mass is 79.9. The van der Waals surface area contributed by atoms with Gasteiger partial charge in [-0.25, -0.2) is 0 Å². The number of ether oxygens (including phenoxy) is 2. The first kappa shape index (κ1) is 15.3. The molecule has 21 heavy (non-hydrogen) atoms.